The van der Waals surface area contributed by atoms with Gasteiger partial charge in [0.2, 0.25) is 0 Å². The van der Waals surface area contributed by atoms with Gasteiger partial charge in [-0.25, -0.2) is 8.42 Å². The maximum atomic E-state index is 11.8. The van der Waals surface area contributed by atoms with Crippen molar-refractivity contribution in [3.8, 4) is 5.75 Å². The van der Waals surface area contributed by atoms with Gasteiger partial charge in [-0.3, -0.25) is 0 Å². The molecule has 0 radical (unpaired) electrons. The first kappa shape index (κ1) is 12.4. The van der Waals surface area contributed by atoms with Crippen molar-refractivity contribution in [1.82, 2.24) is 0 Å². The fourth-order valence-electron chi connectivity index (χ4n) is 1.98. The molecule has 1 aromatic rings. The first-order chi connectivity index (χ1) is 7.78. The van der Waals surface area contributed by atoms with Gasteiger partial charge in [-0.15, -0.1) is 0 Å². The van der Waals surface area contributed by atoms with Crippen LogP contribution in [0.15, 0.2) is 17.0 Å². The molecule has 1 fully saturated rings. The molecule has 0 atom stereocenters. The average molecular weight is 255 g/mol. The molecule has 1 saturated carbocycles. The lowest BCUT2D eigenvalue weighted by atomic mass is 10.0. The molecular formula is C12H17NO3S. The molecular weight excluding hydrogens is 238 g/mol. The number of benzene rings is 1. The third kappa shape index (κ3) is 2.17. The van der Waals surface area contributed by atoms with Crippen molar-refractivity contribution in [3.63, 3.8) is 0 Å². The Kier molecular flexibility index (Phi) is 2.71. The molecule has 0 bridgehead atoms. The van der Waals surface area contributed by atoms with Crippen LogP contribution in [0.4, 0.5) is 0 Å². The minimum Gasteiger partial charge on any atom is -0.496 e. The van der Waals surface area contributed by atoms with Crippen molar-refractivity contribution in [2.45, 2.75) is 30.2 Å². The summed E-state index contributed by atoms with van der Waals surface area (Å²) in [6, 6.07) is 3.41. The van der Waals surface area contributed by atoms with Crippen LogP contribution in [0.1, 0.15) is 24.0 Å². The number of hydrogen-bond donors (Lipinski definition) is 1. The molecule has 1 aromatic carbocycles. The van der Waals surface area contributed by atoms with E-state index in [0.717, 1.165) is 18.4 Å². The molecule has 0 amide bonds. The highest BCUT2D eigenvalue weighted by molar-refractivity contribution is 7.90. The SMILES string of the molecule is COc1cc(C2(N)CC2)c(S(C)(=O)=O)cc1C. The molecule has 17 heavy (non-hydrogen) atoms. The van der Waals surface area contributed by atoms with Crippen molar-refractivity contribution >= 4 is 9.84 Å². The van der Waals surface area contributed by atoms with E-state index in [-0.39, 0.29) is 0 Å². The average Bonchev–Trinajstić information content (AvgIpc) is 2.95. The van der Waals surface area contributed by atoms with E-state index in [2.05, 4.69) is 0 Å². The van der Waals surface area contributed by atoms with Gasteiger partial charge in [-0.05, 0) is 43.0 Å². The summed E-state index contributed by atoms with van der Waals surface area (Å²) in [5.41, 5.74) is 7.12. The Balaban J connectivity index is 2.70. The fourth-order valence-corrected chi connectivity index (χ4v) is 3.03. The van der Waals surface area contributed by atoms with Gasteiger partial charge in [-0.2, -0.15) is 0 Å². The molecule has 0 aliphatic heterocycles. The maximum absolute atomic E-state index is 11.8. The van der Waals surface area contributed by atoms with E-state index >= 15 is 0 Å². The molecule has 4 nitrogen and oxygen atoms in total. The lowest BCUT2D eigenvalue weighted by Crippen LogP contribution is -2.22. The lowest BCUT2D eigenvalue weighted by molar-refractivity contribution is 0.409. The topological polar surface area (TPSA) is 69.4 Å². The van der Waals surface area contributed by atoms with E-state index in [1.54, 1.807) is 19.2 Å². The van der Waals surface area contributed by atoms with Crippen molar-refractivity contribution in [2.24, 2.45) is 5.73 Å². The molecule has 94 valence electrons. The molecule has 5 heteroatoms. The minimum atomic E-state index is -3.26. The van der Waals surface area contributed by atoms with Crippen LogP contribution in [0.2, 0.25) is 0 Å². The summed E-state index contributed by atoms with van der Waals surface area (Å²) < 4.78 is 28.8. The van der Waals surface area contributed by atoms with Crippen LogP contribution >= 0.6 is 0 Å². The second-order valence-electron chi connectivity index (χ2n) is 4.75. The van der Waals surface area contributed by atoms with Crippen molar-refractivity contribution in [2.75, 3.05) is 13.4 Å². The number of ether oxygens (including phenoxy) is 1. The Morgan fingerprint density at radius 2 is 1.94 bits per heavy atom. The van der Waals surface area contributed by atoms with Gasteiger partial charge in [0.1, 0.15) is 5.75 Å². The van der Waals surface area contributed by atoms with Crippen LogP contribution in [0.5, 0.6) is 5.75 Å². The van der Waals surface area contributed by atoms with Gasteiger partial charge >= 0.3 is 0 Å². The highest BCUT2D eigenvalue weighted by Gasteiger charge is 2.43. The van der Waals surface area contributed by atoms with E-state index in [9.17, 15) is 8.42 Å². The van der Waals surface area contributed by atoms with Crippen LogP contribution in [0.3, 0.4) is 0 Å². The van der Waals surface area contributed by atoms with Gasteiger partial charge in [0.05, 0.1) is 12.0 Å². The molecule has 1 aliphatic rings. The predicted molar refractivity (Wildman–Crippen MR) is 65.9 cm³/mol. The molecule has 0 spiro atoms. The first-order valence-electron chi connectivity index (χ1n) is 5.46. The molecule has 0 aromatic heterocycles. The summed E-state index contributed by atoms with van der Waals surface area (Å²) in [6.45, 7) is 1.83. The summed E-state index contributed by atoms with van der Waals surface area (Å²) in [5, 5.41) is 0. The Morgan fingerprint density at radius 3 is 2.35 bits per heavy atom. The van der Waals surface area contributed by atoms with Crippen LogP contribution in [0.25, 0.3) is 0 Å². The molecule has 0 unspecified atom stereocenters. The predicted octanol–water partition coefficient (Wildman–Crippen LogP) is 1.35. The van der Waals surface area contributed by atoms with Gasteiger partial charge in [0, 0.05) is 11.8 Å². The standard InChI is InChI=1S/C12H17NO3S/c1-8-6-11(17(3,14)15)9(7-10(8)16-2)12(13)4-5-12/h6-7H,4-5,13H2,1-3H3. The summed E-state index contributed by atoms with van der Waals surface area (Å²) in [4.78, 5) is 0.329. The van der Waals surface area contributed by atoms with Gasteiger partial charge in [0.25, 0.3) is 0 Å². The number of rotatable bonds is 3. The van der Waals surface area contributed by atoms with E-state index < -0.39 is 15.4 Å². The van der Waals surface area contributed by atoms with Crippen LogP contribution in [-0.4, -0.2) is 21.8 Å². The molecule has 2 N–H and O–H groups in total. The third-order valence-electron chi connectivity index (χ3n) is 3.22. The normalized spacial score (nSPS) is 17.9. The smallest absolute Gasteiger partial charge is 0.175 e. The van der Waals surface area contributed by atoms with Crippen LogP contribution in [0, 0.1) is 6.92 Å². The van der Waals surface area contributed by atoms with Gasteiger partial charge in [0.15, 0.2) is 9.84 Å². The highest BCUT2D eigenvalue weighted by Crippen LogP contribution is 2.46. The van der Waals surface area contributed by atoms with E-state index in [1.807, 2.05) is 6.92 Å². The first-order valence-corrected chi connectivity index (χ1v) is 7.35. The lowest BCUT2D eigenvalue weighted by Gasteiger charge is -2.17. The minimum absolute atomic E-state index is 0.329. The highest BCUT2D eigenvalue weighted by atomic mass is 32.2. The van der Waals surface area contributed by atoms with E-state index in [4.69, 9.17) is 10.5 Å². The van der Waals surface area contributed by atoms with Crippen LogP contribution in [-0.2, 0) is 15.4 Å². The Morgan fingerprint density at radius 1 is 1.35 bits per heavy atom. The number of aryl methyl sites for hydroxylation is 1. The zero-order valence-electron chi connectivity index (χ0n) is 10.3. The quantitative estimate of drug-likeness (QED) is 0.885. The molecule has 2 rings (SSSR count). The zero-order chi connectivity index (χ0) is 12.8. The second kappa shape index (κ2) is 3.71. The van der Waals surface area contributed by atoms with E-state index in [1.165, 1.54) is 6.26 Å². The van der Waals surface area contributed by atoms with Crippen LogP contribution < -0.4 is 10.5 Å². The van der Waals surface area contributed by atoms with Gasteiger partial charge in [-0.1, -0.05) is 0 Å². The third-order valence-corrected chi connectivity index (χ3v) is 4.36. The summed E-state index contributed by atoms with van der Waals surface area (Å²) in [7, 11) is -1.69. The molecule has 0 heterocycles. The summed E-state index contributed by atoms with van der Waals surface area (Å²) in [6.07, 6.45) is 2.85. The largest absolute Gasteiger partial charge is 0.496 e. The number of nitrogens with two attached hydrogens (primary N) is 1. The molecule has 0 saturated heterocycles. The second-order valence-corrected chi connectivity index (χ2v) is 6.73. The maximum Gasteiger partial charge on any atom is 0.175 e. The summed E-state index contributed by atoms with van der Waals surface area (Å²) in [5.74, 6) is 0.684. The Hall–Kier alpha value is -1.07. The zero-order valence-corrected chi connectivity index (χ0v) is 11.1. The Bertz CT molecular complexity index is 559. The number of sulfone groups is 1. The van der Waals surface area contributed by atoms with Crippen molar-refractivity contribution in [3.05, 3.63) is 23.3 Å². The molecule has 1 aliphatic carbocycles. The van der Waals surface area contributed by atoms with Gasteiger partial charge < -0.3 is 10.5 Å². The number of hydrogen-bond acceptors (Lipinski definition) is 4. The van der Waals surface area contributed by atoms with Crippen molar-refractivity contribution in [1.29, 1.82) is 0 Å². The summed E-state index contributed by atoms with van der Waals surface area (Å²) >= 11 is 0. The fraction of sp³-hybridized carbons (Fsp3) is 0.500. The number of methoxy groups -OCH3 is 1. The van der Waals surface area contributed by atoms with Crippen molar-refractivity contribution < 1.29 is 13.2 Å². The monoisotopic (exact) mass is 255 g/mol. The van der Waals surface area contributed by atoms with E-state index in [0.29, 0.717) is 16.2 Å². The Labute approximate surface area is 102 Å².